The zero-order valence-corrected chi connectivity index (χ0v) is 16.3. The quantitative estimate of drug-likeness (QED) is 0.633. The summed E-state index contributed by atoms with van der Waals surface area (Å²) >= 11 is 6.28. The maximum atomic E-state index is 12.8. The Bertz CT molecular complexity index is 820. The molecule has 0 atom stereocenters. The van der Waals surface area contributed by atoms with Crippen LogP contribution in [-0.2, 0) is 11.3 Å². The third kappa shape index (κ3) is 5.01. The molecule has 1 amide bonds. The Balaban J connectivity index is 1.76. The largest absolute Gasteiger partial charge is 0.491 e. The Morgan fingerprint density at radius 2 is 2.07 bits per heavy atom. The lowest BCUT2D eigenvalue weighted by Crippen LogP contribution is -2.31. The van der Waals surface area contributed by atoms with Crippen molar-refractivity contribution in [3.05, 3.63) is 58.9 Å². The van der Waals surface area contributed by atoms with Crippen LogP contribution in [0.15, 0.2) is 42.7 Å². The number of nitrogens with zero attached hydrogens (tertiary/aromatic N) is 2. The summed E-state index contributed by atoms with van der Waals surface area (Å²) in [5.41, 5.74) is 1.86. The summed E-state index contributed by atoms with van der Waals surface area (Å²) in [7, 11) is 1.55. The lowest BCUT2D eigenvalue weighted by molar-refractivity contribution is -0.127. The first-order valence-electron chi connectivity index (χ1n) is 9.00. The van der Waals surface area contributed by atoms with E-state index >= 15 is 0 Å². The average molecular weight is 387 g/mol. The summed E-state index contributed by atoms with van der Waals surface area (Å²) in [6, 6.07) is 7.77. The maximum absolute atomic E-state index is 12.8. The van der Waals surface area contributed by atoms with E-state index in [-0.39, 0.29) is 5.91 Å². The molecule has 0 saturated heterocycles. The van der Waals surface area contributed by atoms with E-state index in [1.807, 2.05) is 30.0 Å². The van der Waals surface area contributed by atoms with Crippen molar-refractivity contribution in [1.29, 1.82) is 0 Å². The van der Waals surface area contributed by atoms with Crippen LogP contribution in [0.4, 0.5) is 0 Å². The van der Waals surface area contributed by atoms with E-state index in [1.54, 1.807) is 37.7 Å². The molecule has 1 fully saturated rings. The molecule has 2 aromatic rings. The molecule has 1 aromatic carbocycles. The number of hydrogen-bond donors (Lipinski definition) is 0. The lowest BCUT2D eigenvalue weighted by atomic mass is 10.1. The van der Waals surface area contributed by atoms with Gasteiger partial charge in [-0.25, -0.2) is 0 Å². The van der Waals surface area contributed by atoms with Gasteiger partial charge in [-0.3, -0.25) is 9.78 Å². The van der Waals surface area contributed by atoms with E-state index in [0.717, 1.165) is 24.0 Å². The van der Waals surface area contributed by atoms with E-state index < -0.39 is 0 Å². The molecule has 1 aliphatic carbocycles. The number of amides is 1. The van der Waals surface area contributed by atoms with Crippen LogP contribution in [0.5, 0.6) is 11.5 Å². The predicted molar refractivity (Wildman–Crippen MR) is 106 cm³/mol. The molecule has 1 saturated carbocycles. The molecular formula is C21H23ClN2O3. The average Bonchev–Trinajstić information content (AvgIpc) is 3.50. The number of aromatic nitrogens is 1. The second-order valence-electron chi connectivity index (χ2n) is 6.35. The second-order valence-corrected chi connectivity index (χ2v) is 6.76. The van der Waals surface area contributed by atoms with E-state index in [9.17, 15) is 4.79 Å². The zero-order valence-electron chi connectivity index (χ0n) is 15.5. The van der Waals surface area contributed by atoms with Gasteiger partial charge in [0.2, 0.25) is 5.91 Å². The van der Waals surface area contributed by atoms with Crippen LogP contribution < -0.4 is 9.47 Å². The van der Waals surface area contributed by atoms with Gasteiger partial charge in [-0.1, -0.05) is 11.6 Å². The summed E-state index contributed by atoms with van der Waals surface area (Å²) in [5, 5.41) is 0.450. The molecule has 1 aliphatic rings. The summed E-state index contributed by atoms with van der Waals surface area (Å²) in [4.78, 5) is 18.7. The van der Waals surface area contributed by atoms with Crippen LogP contribution in [0, 0.1) is 0 Å². The standard InChI is InChI=1S/C21H23ClN2O3/c1-3-27-19-13-16(12-18(22)21(19)26-2)4-7-20(25)24(17-5-6-17)14-15-8-10-23-11-9-15/h4,7-13,17H,3,5-6,14H2,1-2H3/b7-4+. The van der Waals surface area contributed by atoms with E-state index in [0.29, 0.717) is 35.7 Å². The molecular weight excluding hydrogens is 364 g/mol. The third-order valence-corrected chi connectivity index (χ3v) is 4.61. The normalized spacial score (nSPS) is 13.6. The van der Waals surface area contributed by atoms with Crippen LogP contribution in [0.3, 0.4) is 0 Å². The van der Waals surface area contributed by atoms with Gasteiger partial charge in [0.05, 0.1) is 18.7 Å². The van der Waals surface area contributed by atoms with Crippen molar-refractivity contribution in [3.63, 3.8) is 0 Å². The van der Waals surface area contributed by atoms with Gasteiger partial charge < -0.3 is 14.4 Å². The van der Waals surface area contributed by atoms with E-state index in [4.69, 9.17) is 21.1 Å². The Morgan fingerprint density at radius 1 is 1.33 bits per heavy atom. The Labute approximate surface area is 164 Å². The molecule has 142 valence electrons. The first-order chi connectivity index (χ1) is 13.1. The summed E-state index contributed by atoms with van der Waals surface area (Å²) in [6.07, 6.45) is 8.94. The highest BCUT2D eigenvalue weighted by molar-refractivity contribution is 6.32. The number of carbonyl (C=O) groups is 1. The van der Waals surface area contributed by atoms with Crippen LogP contribution in [0.1, 0.15) is 30.9 Å². The van der Waals surface area contributed by atoms with Gasteiger partial charge in [-0.05, 0) is 61.2 Å². The number of carbonyl (C=O) groups excluding carboxylic acids is 1. The number of ether oxygens (including phenoxy) is 2. The molecule has 0 unspecified atom stereocenters. The number of methoxy groups -OCH3 is 1. The fourth-order valence-electron chi connectivity index (χ4n) is 2.87. The van der Waals surface area contributed by atoms with Crippen molar-refractivity contribution in [2.45, 2.75) is 32.4 Å². The van der Waals surface area contributed by atoms with Gasteiger partial charge in [0, 0.05) is 31.1 Å². The van der Waals surface area contributed by atoms with Crippen molar-refractivity contribution in [2.24, 2.45) is 0 Å². The fraction of sp³-hybridized carbons (Fsp3) is 0.333. The lowest BCUT2D eigenvalue weighted by Gasteiger charge is -2.21. The minimum absolute atomic E-state index is 0.0146. The molecule has 3 rings (SSSR count). The Kier molecular flexibility index (Phi) is 6.35. The van der Waals surface area contributed by atoms with Crippen molar-refractivity contribution < 1.29 is 14.3 Å². The van der Waals surface area contributed by atoms with Gasteiger partial charge in [-0.2, -0.15) is 0 Å². The Hall–Kier alpha value is -2.53. The van der Waals surface area contributed by atoms with Crippen molar-refractivity contribution in [1.82, 2.24) is 9.88 Å². The highest BCUT2D eigenvalue weighted by Gasteiger charge is 2.31. The van der Waals surface area contributed by atoms with Gasteiger partial charge in [0.1, 0.15) is 0 Å². The van der Waals surface area contributed by atoms with Crippen LogP contribution in [-0.4, -0.2) is 35.5 Å². The van der Waals surface area contributed by atoms with Gasteiger partial charge in [-0.15, -0.1) is 0 Å². The van der Waals surface area contributed by atoms with Crippen molar-refractivity contribution in [2.75, 3.05) is 13.7 Å². The molecule has 27 heavy (non-hydrogen) atoms. The summed E-state index contributed by atoms with van der Waals surface area (Å²) in [6.45, 7) is 2.98. The highest BCUT2D eigenvalue weighted by atomic mass is 35.5. The van der Waals surface area contributed by atoms with Gasteiger partial charge in [0.15, 0.2) is 11.5 Å². The number of benzene rings is 1. The maximum Gasteiger partial charge on any atom is 0.247 e. The fourth-order valence-corrected chi connectivity index (χ4v) is 3.16. The SMILES string of the molecule is CCOc1cc(/C=C/C(=O)N(Cc2ccncc2)C2CC2)cc(Cl)c1OC. The number of rotatable bonds is 8. The summed E-state index contributed by atoms with van der Waals surface area (Å²) < 4.78 is 10.9. The molecule has 0 N–H and O–H groups in total. The van der Waals surface area contributed by atoms with Crippen molar-refractivity contribution >= 4 is 23.6 Å². The molecule has 1 aromatic heterocycles. The van der Waals surface area contributed by atoms with E-state index in [1.165, 1.54) is 0 Å². The van der Waals surface area contributed by atoms with Crippen LogP contribution in [0.25, 0.3) is 6.08 Å². The Morgan fingerprint density at radius 3 is 2.70 bits per heavy atom. The third-order valence-electron chi connectivity index (χ3n) is 4.33. The molecule has 5 nitrogen and oxygen atoms in total. The number of hydrogen-bond acceptors (Lipinski definition) is 4. The topological polar surface area (TPSA) is 51.7 Å². The molecule has 0 aliphatic heterocycles. The first kappa shape index (κ1) is 19.2. The molecule has 0 radical (unpaired) electrons. The van der Waals surface area contributed by atoms with E-state index in [2.05, 4.69) is 4.98 Å². The summed E-state index contributed by atoms with van der Waals surface area (Å²) in [5.74, 6) is 1.05. The number of halogens is 1. The minimum Gasteiger partial charge on any atom is -0.491 e. The highest BCUT2D eigenvalue weighted by Crippen LogP contribution is 2.36. The van der Waals surface area contributed by atoms with Crippen LogP contribution in [0.2, 0.25) is 5.02 Å². The predicted octanol–water partition coefficient (Wildman–Crippen LogP) is 4.35. The van der Waals surface area contributed by atoms with Gasteiger partial charge in [0.25, 0.3) is 0 Å². The zero-order chi connectivity index (χ0) is 19.2. The van der Waals surface area contributed by atoms with Gasteiger partial charge >= 0.3 is 0 Å². The second kappa shape index (κ2) is 8.91. The number of pyridine rings is 1. The van der Waals surface area contributed by atoms with Crippen molar-refractivity contribution in [3.8, 4) is 11.5 Å². The molecule has 1 heterocycles. The molecule has 0 bridgehead atoms. The first-order valence-corrected chi connectivity index (χ1v) is 9.38. The molecule has 6 heteroatoms. The molecule has 0 spiro atoms. The smallest absolute Gasteiger partial charge is 0.247 e. The van der Waals surface area contributed by atoms with Crippen LogP contribution >= 0.6 is 11.6 Å². The monoisotopic (exact) mass is 386 g/mol. The minimum atomic E-state index is -0.0146.